The molecule has 110 valence electrons. The molecular weight excluding hydrogens is 259 g/mol. The van der Waals surface area contributed by atoms with E-state index in [1.165, 1.54) is 29.2 Å². The third kappa shape index (κ3) is 4.64. The van der Waals surface area contributed by atoms with Gasteiger partial charge in [0.05, 0.1) is 0 Å². The van der Waals surface area contributed by atoms with Crippen LogP contribution in [-0.2, 0) is 9.59 Å². The molecule has 1 rings (SSSR count). The molecule has 0 aliphatic rings. The third-order valence-corrected chi connectivity index (χ3v) is 3.13. The highest BCUT2D eigenvalue weighted by atomic mass is 19.1. The monoisotopic (exact) mass is 280 g/mol. The number of benzene rings is 1. The fraction of sp³-hybridized carbons (Fsp3) is 0.467. The van der Waals surface area contributed by atoms with Crippen molar-refractivity contribution in [1.82, 2.24) is 0 Å². The predicted molar refractivity (Wildman–Crippen MR) is 76.6 cm³/mol. The van der Waals surface area contributed by atoms with Crippen LogP contribution in [0.1, 0.15) is 33.1 Å². The van der Waals surface area contributed by atoms with E-state index in [9.17, 15) is 14.0 Å². The summed E-state index contributed by atoms with van der Waals surface area (Å²) in [6.07, 6.45) is 1.76. The minimum absolute atomic E-state index is 0.0697. The number of carbonyl (C=O) groups is 2. The Morgan fingerprint density at radius 2 is 1.90 bits per heavy atom. The standard InChI is InChI=1S/C15H21FN2O2/c1-3-4-11(2)15(20)18(10-9-14(17)19)13-7-5-12(16)6-8-13/h5-8,11H,3-4,9-10H2,1-2H3,(H2,17,19). The highest BCUT2D eigenvalue weighted by molar-refractivity contribution is 5.95. The lowest BCUT2D eigenvalue weighted by Gasteiger charge is -2.25. The number of rotatable bonds is 7. The van der Waals surface area contributed by atoms with Gasteiger partial charge in [0.2, 0.25) is 11.8 Å². The predicted octanol–water partition coefficient (Wildman–Crippen LogP) is 2.47. The molecule has 0 fully saturated rings. The van der Waals surface area contributed by atoms with Crippen LogP contribution in [0.2, 0.25) is 0 Å². The zero-order valence-corrected chi connectivity index (χ0v) is 11.9. The van der Waals surface area contributed by atoms with Gasteiger partial charge in [-0.05, 0) is 30.7 Å². The molecule has 0 saturated heterocycles. The van der Waals surface area contributed by atoms with Crippen LogP contribution in [0.25, 0.3) is 0 Å². The molecule has 0 aliphatic heterocycles. The van der Waals surface area contributed by atoms with Gasteiger partial charge in [-0.1, -0.05) is 20.3 Å². The fourth-order valence-electron chi connectivity index (χ4n) is 2.03. The average molecular weight is 280 g/mol. The number of hydrogen-bond donors (Lipinski definition) is 1. The number of nitrogens with two attached hydrogens (primary N) is 1. The van der Waals surface area contributed by atoms with Crippen molar-refractivity contribution in [1.29, 1.82) is 0 Å². The van der Waals surface area contributed by atoms with Crippen molar-refractivity contribution >= 4 is 17.5 Å². The van der Waals surface area contributed by atoms with Gasteiger partial charge in [-0.15, -0.1) is 0 Å². The molecule has 1 unspecified atom stereocenters. The lowest BCUT2D eigenvalue weighted by molar-refractivity contribution is -0.122. The van der Waals surface area contributed by atoms with E-state index in [1.807, 2.05) is 13.8 Å². The number of nitrogens with zero attached hydrogens (tertiary/aromatic N) is 1. The number of anilines is 1. The summed E-state index contributed by atoms with van der Waals surface area (Å²) >= 11 is 0. The van der Waals surface area contributed by atoms with Crippen LogP contribution >= 0.6 is 0 Å². The first-order valence-corrected chi connectivity index (χ1v) is 6.81. The van der Waals surface area contributed by atoms with Crippen LogP contribution in [0.3, 0.4) is 0 Å². The lowest BCUT2D eigenvalue weighted by atomic mass is 10.0. The van der Waals surface area contributed by atoms with Crippen LogP contribution in [0.4, 0.5) is 10.1 Å². The van der Waals surface area contributed by atoms with Crippen molar-refractivity contribution in [2.24, 2.45) is 11.7 Å². The lowest BCUT2D eigenvalue weighted by Crippen LogP contribution is -2.37. The Kier molecular flexibility index (Phi) is 6.15. The van der Waals surface area contributed by atoms with Gasteiger partial charge in [-0.25, -0.2) is 4.39 Å². The van der Waals surface area contributed by atoms with Gasteiger partial charge in [-0.3, -0.25) is 9.59 Å². The second-order valence-electron chi connectivity index (χ2n) is 4.87. The Hall–Kier alpha value is -1.91. The average Bonchev–Trinajstić information content (AvgIpc) is 2.40. The zero-order valence-electron chi connectivity index (χ0n) is 11.9. The molecule has 0 aliphatic carbocycles. The Labute approximate surface area is 118 Å². The quantitative estimate of drug-likeness (QED) is 0.834. The van der Waals surface area contributed by atoms with Gasteiger partial charge in [-0.2, -0.15) is 0 Å². The SMILES string of the molecule is CCCC(C)C(=O)N(CCC(N)=O)c1ccc(F)cc1. The van der Waals surface area contributed by atoms with E-state index >= 15 is 0 Å². The summed E-state index contributed by atoms with van der Waals surface area (Å²) in [7, 11) is 0. The van der Waals surface area contributed by atoms with Crippen molar-refractivity contribution < 1.29 is 14.0 Å². The summed E-state index contributed by atoms with van der Waals surface area (Å²) < 4.78 is 13.0. The summed E-state index contributed by atoms with van der Waals surface area (Å²) in [6.45, 7) is 4.08. The number of halogens is 1. The number of hydrogen-bond acceptors (Lipinski definition) is 2. The van der Waals surface area contributed by atoms with Crippen LogP contribution < -0.4 is 10.6 Å². The molecule has 0 aromatic heterocycles. The summed E-state index contributed by atoms with van der Waals surface area (Å²) in [4.78, 5) is 24.8. The van der Waals surface area contributed by atoms with E-state index in [-0.39, 0.29) is 30.6 Å². The maximum absolute atomic E-state index is 13.0. The molecule has 2 N–H and O–H groups in total. The summed E-state index contributed by atoms with van der Waals surface area (Å²) in [5.41, 5.74) is 5.72. The fourth-order valence-corrected chi connectivity index (χ4v) is 2.03. The molecule has 0 bridgehead atoms. The van der Waals surface area contributed by atoms with Crippen LogP contribution in [-0.4, -0.2) is 18.4 Å². The molecule has 1 atom stereocenters. The third-order valence-electron chi connectivity index (χ3n) is 3.13. The Balaban J connectivity index is 2.92. The highest BCUT2D eigenvalue weighted by Gasteiger charge is 2.21. The Bertz CT molecular complexity index is 459. The molecule has 1 aromatic carbocycles. The molecule has 5 heteroatoms. The second-order valence-corrected chi connectivity index (χ2v) is 4.87. The van der Waals surface area contributed by atoms with E-state index in [2.05, 4.69) is 0 Å². The van der Waals surface area contributed by atoms with Crippen LogP contribution in [0.5, 0.6) is 0 Å². The maximum atomic E-state index is 13.0. The zero-order chi connectivity index (χ0) is 15.1. The van der Waals surface area contributed by atoms with Crippen LogP contribution in [0, 0.1) is 11.7 Å². The van der Waals surface area contributed by atoms with Gasteiger partial charge in [0, 0.05) is 24.6 Å². The molecule has 4 nitrogen and oxygen atoms in total. The Morgan fingerprint density at radius 1 is 1.30 bits per heavy atom. The highest BCUT2D eigenvalue weighted by Crippen LogP contribution is 2.19. The van der Waals surface area contributed by atoms with E-state index in [0.29, 0.717) is 5.69 Å². The largest absolute Gasteiger partial charge is 0.370 e. The van der Waals surface area contributed by atoms with Gasteiger partial charge < -0.3 is 10.6 Å². The van der Waals surface area contributed by atoms with E-state index in [4.69, 9.17) is 5.73 Å². The van der Waals surface area contributed by atoms with Crippen molar-refractivity contribution in [3.05, 3.63) is 30.1 Å². The molecule has 1 aromatic rings. The molecule has 20 heavy (non-hydrogen) atoms. The van der Waals surface area contributed by atoms with Crippen LogP contribution in [0.15, 0.2) is 24.3 Å². The molecule has 0 heterocycles. The minimum atomic E-state index is -0.465. The van der Waals surface area contributed by atoms with Crippen molar-refractivity contribution in [2.75, 3.05) is 11.4 Å². The maximum Gasteiger partial charge on any atom is 0.229 e. The minimum Gasteiger partial charge on any atom is -0.370 e. The smallest absolute Gasteiger partial charge is 0.229 e. The normalized spacial score (nSPS) is 11.9. The van der Waals surface area contributed by atoms with E-state index in [1.54, 1.807) is 0 Å². The second kappa shape index (κ2) is 7.62. The van der Waals surface area contributed by atoms with Crippen molar-refractivity contribution in [3.63, 3.8) is 0 Å². The van der Waals surface area contributed by atoms with Gasteiger partial charge in [0.1, 0.15) is 5.82 Å². The van der Waals surface area contributed by atoms with Gasteiger partial charge in [0.15, 0.2) is 0 Å². The summed E-state index contributed by atoms with van der Waals surface area (Å²) in [6, 6.07) is 5.66. The van der Waals surface area contributed by atoms with Crippen molar-refractivity contribution in [2.45, 2.75) is 33.1 Å². The van der Waals surface area contributed by atoms with E-state index < -0.39 is 5.91 Å². The first-order chi connectivity index (χ1) is 9.45. The molecule has 0 radical (unpaired) electrons. The number of primary amides is 1. The summed E-state index contributed by atoms with van der Waals surface area (Å²) in [5, 5.41) is 0. The number of carbonyl (C=O) groups excluding carboxylic acids is 2. The van der Waals surface area contributed by atoms with Crippen molar-refractivity contribution in [3.8, 4) is 0 Å². The molecule has 2 amide bonds. The first-order valence-electron chi connectivity index (χ1n) is 6.81. The van der Waals surface area contributed by atoms with Gasteiger partial charge >= 0.3 is 0 Å². The molecule has 0 saturated carbocycles. The van der Waals surface area contributed by atoms with E-state index in [0.717, 1.165) is 12.8 Å². The Morgan fingerprint density at radius 3 is 2.40 bits per heavy atom. The number of amides is 2. The first kappa shape index (κ1) is 16.1. The molecule has 0 spiro atoms. The summed E-state index contributed by atoms with van der Waals surface area (Å²) in [5.74, 6) is -1.04. The van der Waals surface area contributed by atoms with Gasteiger partial charge in [0.25, 0.3) is 0 Å². The topological polar surface area (TPSA) is 63.4 Å². The molecular formula is C15H21FN2O2.